The van der Waals surface area contributed by atoms with Gasteiger partial charge >= 0.3 is 18.3 Å². The van der Waals surface area contributed by atoms with Crippen molar-refractivity contribution in [2.45, 2.75) is 13.0 Å². The Labute approximate surface area is 104 Å². The van der Waals surface area contributed by atoms with Crippen LogP contribution in [0.3, 0.4) is 0 Å². The maximum atomic E-state index is 12.2. The molecule has 9 heteroatoms. The van der Waals surface area contributed by atoms with Crippen LogP contribution in [0.5, 0.6) is 5.75 Å². The number of alkyl halides is 2. The molecule has 0 bridgehead atoms. The normalized spacial score (nSPS) is 10.3. The monoisotopic (exact) mass is 275 g/mol. The largest absolute Gasteiger partial charge is 0.481 e. The zero-order valence-electron chi connectivity index (χ0n) is 9.21. The average Bonchev–Trinajstić information content (AvgIpc) is 2.27. The molecule has 0 saturated heterocycles. The zero-order valence-corrected chi connectivity index (χ0v) is 9.21. The second kappa shape index (κ2) is 5.85. The molecule has 0 aliphatic carbocycles. The van der Waals surface area contributed by atoms with Crippen molar-refractivity contribution in [2.75, 3.05) is 0 Å². The van der Waals surface area contributed by atoms with Crippen molar-refractivity contribution >= 4 is 17.9 Å². The summed E-state index contributed by atoms with van der Waals surface area (Å²) < 4.78 is 28.3. The number of carbonyl (C=O) groups is 2. The number of hydrogen-bond donors (Lipinski definition) is 1. The summed E-state index contributed by atoms with van der Waals surface area (Å²) in [5.41, 5.74) is -1.56. The van der Waals surface area contributed by atoms with E-state index in [9.17, 15) is 28.5 Å². The van der Waals surface area contributed by atoms with E-state index in [4.69, 9.17) is 5.11 Å². The zero-order chi connectivity index (χ0) is 14.6. The van der Waals surface area contributed by atoms with E-state index in [2.05, 4.69) is 4.74 Å². The molecule has 0 spiro atoms. The highest BCUT2D eigenvalue weighted by Crippen LogP contribution is 2.33. The highest BCUT2D eigenvalue weighted by Gasteiger charge is 2.25. The highest BCUT2D eigenvalue weighted by atomic mass is 19.3. The fourth-order valence-electron chi connectivity index (χ4n) is 1.43. The molecule has 1 aromatic carbocycles. The molecule has 0 atom stereocenters. The molecule has 0 radical (unpaired) electrons. The van der Waals surface area contributed by atoms with Gasteiger partial charge in [0.25, 0.3) is 0 Å². The molecule has 0 unspecified atom stereocenters. The molecule has 102 valence electrons. The van der Waals surface area contributed by atoms with Crippen LogP contribution in [0.25, 0.3) is 0 Å². The van der Waals surface area contributed by atoms with E-state index in [1.54, 1.807) is 0 Å². The number of carbonyl (C=O) groups excluding carboxylic acids is 1. The third kappa shape index (κ3) is 3.44. The van der Waals surface area contributed by atoms with Crippen molar-refractivity contribution in [1.29, 1.82) is 0 Å². The van der Waals surface area contributed by atoms with E-state index in [-0.39, 0.29) is 11.8 Å². The summed E-state index contributed by atoms with van der Waals surface area (Å²) in [6.45, 7) is -3.38. The number of halogens is 2. The van der Waals surface area contributed by atoms with Gasteiger partial charge in [-0.25, -0.2) is 0 Å². The van der Waals surface area contributed by atoms with E-state index in [0.717, 1.165) is 12.1 Å². The number of carboxylic acids is 1. The number of nitro benzene ring substituents is 1. The second-order valence-corrected chi connectivity index (χ2v) is 3.31. The minimum absolute atomic E-state index is 0.0446. The molecule has 0 aliphatic rings. The van der Waals surface area contributed by atoms with Gasteiger partial charge in [0.05, 0.1) is 16.9 Å². The van der Waals surface area contributed by atoms with Gasteiger partial charge in [-0.2, -0.15) is 8.78 Å². The average molecular weight is 275 g/mol. The number of ether oxygens (including phenoxy) is 1. The first-order chi connectivity index (χ1) is 8.86. The SMILES string of the molecule is O=Cc1c(CC(=O)O)ccc([N+](=O)[O-])c1OC(F)F. The number of nitrogens with zero attached hydrogens (tertiary/aromatic N) is 1. The van der Waals surface area contributed by atoms with Crippen LogP contribution >= 0.6 is 0 Å². The fraction of sp³-hybridized carbons (Fsp3) is 0.200. The van der Waals surface area contributed by atoms with Crippen molar-refractivity contribution in [3.05, 3.63) is 33.4 Å². The number of carboxylic acid groups (broad SMARTS) is 1. The van der Waals surface area contributed by atoms with Gasteiger partial charge in [-0.15, -0.1) is 0 Å². The van der Waals surface area contributed by atoms with E-state index in [0.29, 0.717) is 0 Å². The molecule has 1 N–H and O–H groups in total. The van der Waals surface area contributed by atoms with Crippen LogP contribution in [0.2, 0.25) is 0 Å². The molecule has 1 rings (SSSR count). The third-order valence-electron chi connectivity index (χ3n) is 2.13. The molecule has 0 aromatic heterocycles. The molecule has 0 fully saturated rings. The van der Waals surface area contributed by atoms with Gasteiger partial charge in [0.15, 0.2) is 6.29 Å². The van der Waals surface area contributed by atoms with Crippen LogP contribution in [-0.4, -0.2) is 28.9 Å². The topological polar surface area (TPSA) is 107 Å². The smallest absolute Gasteiger partial charge is 0.387 e. The molecular formula is C10H7F2NO6. The van der Waals surface area contributed by atoms with Gasteiger partial charge in [0, 0.05) is 6.07 Å². The molecule has 0 saturated carbocycles. The summed E-state index contributed by atoms with van der Waals surface area (Å²) in [4.78, 5) is 31.0. The van der Waals surface area contributed by atoms with Crippen LogP contribution < -0.4 is 4.74 Å². The molecule has 1 aromatic rings. The first kappa shape index (κ1) is 14.5. The lowest BCUT2D eigenvalue weighted by Gasteiger charge is -2.10. The Morgan fingerprint density at radius 1 is 1.53 bits per heavy atom. The number of benzene rings is 1. The minimum atomic E-state index is -3.38. The Hall–Kier alpha value is -2.58. The first-order valence-electron chi connectivity index (χ1n) is 4.78. The summed E-state index contributed by atoms with van der Waals surface area (Å²) in [7, 11) is 0. The lowest BCUT2D eigenvalue weighted by Crippen LogP contribution is -2.10. The van der Waals surface area contributed by atoms with Gasteiger partial charge in [0.1, 0.15) is 0 Å². The lowest BCUT2D eigenvalue weighted by molar-refractivity contribution is -0.386. The van der Waals surface area contributed by atoms with Gasteiger partial charge in [0.2, 0.25) is 5.75 Å². The summed E-state index contributed by atoms with van der Waals surface area (Å²) in [5.74, 6) is -2.26. The maximum Gasteiger partial charge on any atom is 0.387 e. The maximum absolute atomic E-state index is 12.2. The molecule has 0 amide bonds. The molecule has 0 aliphatic heterocycles. The minimum Gasteiger partial charge on any atom is -0.481 e. The Bertz CT molecular complexity index is 531. The highest BCUT2D eigenvalue weighted by molar-refractivity contribution is 5.87. The van der Waals surface area contributed by atoms with Gasteiger partial charge < -0.3 is 9.84 Å². The quantitative estimate of drug-likeness (QED) is 0.480. The predicted octanol–water partition coefficient (Wildman–Crippen LogP) is 1.64. The van der Waals surface area contributed by atoms with Crippen LogP contribution in [-0.2, 0) is 11.2 Å². The number of aldehydes is 1. The van der Waals surface area contributed by atoms with E-state index < -0.39 is 40.9 Å². The Balaban J connectivity index is 3.44. The molecule has 19 heavy (non-hydrogen) atoms. The molecular weight excluding hydrogens is 268 g/mol. The third-order valence-corrected chi connectivity index (χ3v) is 2.13. The van der Waals surface area contributed by atoms with Crippen LogP contribution in [0, 0.1) is 10.1 Å². The van der Waals surface area contributed by atoms with E-state index in [1.165, 1.54) is 0 Å². The van der Waals surface area contributed by atoms with Crippen molar-refractivity contribution in [2.24, 2.45) is 0 Å². The number of nitro groups is 1. The summed E-state index contributed by atoms with van der Waals surface area (Å²) in [6, 6.07) is 1.82. The fourth-order valence-corrected chi connectivity index (χ4v) is 1.43. The summed E-state index contributed by atoms with van der Waals surface area (Å²) in [5, 5.41) is 19.3. The van der Waals surface area contributed by atoms with Gasteiger partial charge in [-0.3, -0.25) is 19.7 Å². The summed E-state index contributed by atoms with van der Waals surface area (Å²) in [6.07, 6.45) is -0.603. The number of hydrogen-bond acceptors (Lipinski definition) is 5. The molecule has 7 nitrogen and oxygen atoms in total. The Morgan fingerprint density at radius 3 is 2.58 bits per heavy atom. The van der Waals surface area contributed by atoms with Crippen molar-refractivity contribution in [3.8, 4) is 5.75 Å². The Morgan fingerprint density at radius 2 is 2.16 bits per heavy atom. The lowest BCUT2D eigenvalue weighted by atomic mass is 10.0. The van der Waals surface area contributed by atoms with Gasteiger partial charge in [-0.1, -0.05) is 6.07 Å². The van der Waals surface area contributed by atoms with Crippen LogP contribution in [0.15, 0.2) is 12.1 Å². The van der Waals surface area contributed by atoms with E-state index in [1.807, 2.05) is 0 Å². The van der Waals surface area contributed by atoms with Crippen LogP contribution in [0.1, 0.15) is 15.9 Å². The first-order valence-corrected chi connectivity index (χ1v) is 4.78. The van der Waals surface area contributed by atoms with Crippen molar-refractivity contribution in [1.82, 2.24) is 0 Å². The van der Waals surface area contributed by atoms with E-state index >= 15 is 0 Å². The number of aliphatic carboxylic acids is 1. The predicted molar refractivity (Wildman–Crippen MR) is 56.5 cm³/mol. The van der Waals surface area contributed by atoms with Crippen LogP contribution in [0.4, 0.5) is 14.5 Å². The second-order valence-electron chi connectivity index (χ2n) is 3.31. The summed E-state index contributed by atoms with van der Waals surface area (Å²) >= 11 is 0. The standard InChI is InChI=1S/C10H7F2NO6/c11-10(12)19-9-6(4-14)5(3-8(15)16)1-2-7(9)13(17)18/h1-2,4,10H,3H2,(H,15,16). The van der Waals surface area contributed by atoms with Crippen molar-refractivity contribution in [3.63, 3.8) is 0 Å². The number of rotatable bonds is 6. The Kier molecular flexibility index (Phi) is 4.46. The van der Waals surface area contributed by atoms with Crippen molar-refractivity contribution < 1.29 is 33.1 Å². The van der Waals surface area contributed by atoms with Gasteiger partial charge in [-0.05, 0) is 5.56 Å². The molecule has 0 heterocycles.